The normalized spacial score (nSPS) is 26.0. The number of amides is 2. The van der Waals surface area contributed by atoms with Gasteiger partial charge in [-0.2, -0.15) is 0 Å². The second-order valence-electron chi connectivity index (χ2n) is 9.43. The first-order valence-electron chi connectivity index (χ1n) is 12.1. The van der Waals surface area contributed by atoms with Crippen LogP contribution in [-0.2, 0) is 16.0 Å². The van der Waals surface area contributed by atoms with E-state index in [2.05, 4.69) is 10.2 Å². The number of carbonyl (C=O) groups is 2. The molecule has 0 spiro atoms. The van der Waals surface area contributed by atoms with Crippen LogP contribution in [0, 0.1) is 11.8 Å². The largest absolute Gasteiger partial charge is 0.493 e. The lowest BCUT2D eigenvalue weighted by Crippen LogP contribution is -2.51. The van der Waals surface area contributed by atoms with E-state index in [1.165, 1.54) is 45.2 Å². The van der Waals surface area contributed by atoms with Crippen molar-refractivity contribution in [1.29, 1.82) is 0 Å². The van der Waals surface area contributed by atoms with Gasteiger partial charge < -0.3 is 24.6 Å². The monoisotopic (exact) mass is 443 g/mol. The molecule has 1 aromatic carbocycles. The summed E-state index contributed by atoms with van der Waals surface area (Å²) in [6.07, 6.45) is 7.33. The zero-order valence-electron chi connectivity index (χ0n) is 19.5. The maximum atomic E-state index is 12.8. The van der Waals surface area contributed by atoms with Gasteiger partial charge in [0, 0.05) is 32.1 Å². The number of piperidine rings is 2. The quantitative estimate of drug-likeness (QED) is 0.668. The van der Waals surface area contributed by atoms with Crippen LogP contribution in [0.3, 0.4) is 0 Å². The van der Waals surface area contributed by atoms with Gasteiger partial charge in [-0.3, -0.25) is 9.59 Å². The number of carbonyl (C=O) groups excluding carboxylic acids is 2. The van der Waals surface area contributed by atoms with Crippen molar-refractivity contribution >= 4 is 11.8 Å². The highest BCUT2D eigenvalue weighted by atomic mass is 16.5. The Balaban J connectivity index is 1.25. The summed E-state index contributed by atoms with van der Waals surface area (Å²) in [5.41, 5.74) is 1.08. The molecular weight excluding hydrogens is 406 g/mol. The summed E-state index contributed by atoms with van der Waals surface area (Å²) < 4.78 is 10.7. The van der Waals surface area contributed by atoms with Crippen LogP contribution in [0.5, 0.6) is 11.5 Å². The molecule has 7 heteroatoms. The Labute approximate surface area is 191 Å². The number of nitrogens with one attached hydrogen (secondary N) is 1. The summed E-state index contributed by atoms with van der Waals surface area (Å²) in [6.45, 7) is 4.29. The van der Waals surface area contributed by atoms with Gasteiger partial charge in [0.2, 0.25) is 11.8 Å². The molecule has 4 rings (SSSR count). The van der Waals surface area contributed by atoms with Crippen LogP contribution < -0.4 is 14.8 Å². The number of rotatable bonds is 8. The molecular formula is C25H37N3O4. The highest BCUT2D eigenvalue weighted by molar-refractivity contribution is 5.89. The van der Waals surface area contributed by atoms with E-state index in [4.69, 9.17) is 9.47 Å². The molecule has 3 heterocycles. The topological polar surface area (TPSA) is 71.1 Å². The third kappa shape index (κ3) is 5.20. The molecule has 0 radical (unpaired) electrons. The van der Waals surface area contributed by atoms with Crippen molar-refractivity contribution < 1.29 is 19.1 Å². The summed E-state index contributed by atoms with van der Waals surface area (Å²) >= 11 is 0. The van der Waals surface area contributed by atoms with Gasteiger partial charge in [0.05, 0.1) is 20.1 Å². The van der Waals surface area contributed by atoms with Gasteiger partial charge in [-0.25, -0.2) is 0 Å². The number of ether oxygens (including phenoxy) is 2. The van der Waals surface area contributed by atoms with Crippen molar-refractivity contribution in [3.8, 4) is 11.5 Å². The maximum absolute atomic E-state index is 12.8. The lowest BCUT2D eigenvalue weighted by Gasteiger charge is -2.44. The highest BCUT2D eigenvalue weighted by Gasteiger charge is 2.36. The van der Waals surface area contributed by atoms with Crippen LogP contribution in [0.1, 0.15) is 44.1 Å². The van der Waals surface area contributed by atoms with Crippen LogP contribution in [0.2, 0.25) is 0 Å². The standard InChI is InChI=1S/C25H37N3O4/c1-31-22-9-8-18(14-23(22)32-2)10-13-28-17-20(15-24(28)29)25(30)26-16-19-6-5-12-27-11-4-3-7-21(19)27/h8-9,14,19-21H,3-7,10-13,15-17H2,1-2H3,(H,26,30)/t19-,20-,21-/m1/s1. The minimum absolute atomic E-state index is 0.0416. The van der Waals surface area contributed by atoms with Crippen LogP contribution in [0.15, 0.2) is 18.2 Å². The third-order valence-corrected chi connectivity index (χ3v) is 7.47. The number of methoxy groups -OCH3 is 2. The highest BCUT2D eigenvalue weighted by Crippen LogP contribution is 2.31. The van der Waals surface area contributed by atoms with Gasteiger partial charge >= 0.3 is 0 Å². The number of hydrogen-bond donors (Lipinski definition) is 1. The summed E-state index contributed by atoms with van der Waals surface area (Å²) in [4.78, 5) is 29.8. The molecule has 3 saturated heterocycles. The maximum Gasteiger partial charge on any atom is 0.225 e. The van der Waals surface area contributed by atoms with Gasteiger partial charge in [0.1, 0.15) is 0 Å². The molecule has 0 aliphatic carbocycles. The third-order valence-electron chi connectivity index (χ3n) is 7.47. The van der Waals surface area contributed by atoms with Crippen LogP contribution in [0.25, 0.3) is 0 Å². The average molecular weight is 444 g/mol. The summed E-state index contributed by atoms with van der Waals surface area (Å²) in [5, 5.41) is 3.20. The van der Waals surface area contributed by atoms with E-state index in [1.807, 2.05) is 23.1 Å². The van der Waals surface area contributed by atoms with E-state index < -0.39 is 0 Å². The zero-order chi connectivity index (χ0) is 22.5. The zero-order valence-corrected chi connectivity index (χ0v) is 19.5. The number of likely N-dealkylation sites (tertiary alicyclic amines) is 1. The lowest BCUT2D eigenvalue weighted by atomic mass is 9.83. The number of fused-ring (bicyclic) bond motifs is 1. The van der Waals surface area contributed by atoms with Gasteiger partial charge in [0.15, 0.2) is 11.5 Å². The molecule has 3 aliphatic rings. The minimum atomic E-state index is -0.237. The van der Waals surface area contributed by atoms with Crippen molar-refractivity contribution in [3.63, 3.8) is 0 Å². The predicted molar refractivity (Wildman–Crippen MR) is 123 cm³/mol. The van der Waals surface area contributed by atoms with Crippen molar-refractivity contribution in [2.45, 2.75) is 51.0 Å². The Morgan fingerprint density at radius 1 is 1.09 bits per heavy atom. The molecule has 0 unspecified atom stereocenters. The van der Waals surface area contributed by atoms with E-state index in [0.717, 1.165) is 18.5 Å². The first-order valence-corrected chi connectivity index (χ1v) is 12.1. The van der Waals surface area contributed by atoms with Crippen LogP contribution >= 0.6 is 0 Å². The fourth-order valence-corrected chi connectivity index (χ4v) is 5.66. The first-order chi connectivity index (χ1) is 15.6. The van der Waals surface area contributed by atoms with E-state index in [0.29, 0.717) is 43.0 Å². The van der Waals surface area contributed by atoms with Gasteiger partial charge in [-0.1, -0.05) is 12.5 Å². The Hall–Kier alpha value is -2.28. The minimum Gasteiger partial charge on any atom is -0.493 e. The van der Waals surface area contributed by atoms with Crippen molar-refractivity contribution in [2.75, 3.05) is 46.9 Å². The van der Waals surface area contributed by atoms with E-state index in [9.17, 15) is 9.59 Å². The van der Waals surface area contributed by atoms with Gasteiger partial charge in [-0.05, 0) is 68.8 Å². The number of hydrogen-bond acceptors (Lipinski definition) is 5. The fraction of sp³-hybridized carbons (Fsp3) is 0.680. The van der Waals surface area contributed by atoms with E-state index in [-0.39, 0.29) is 17.7 Å². The summed E-state index contributed by atoms with van der Waals surface area (Å²) in [6, 6.07) is 6.45. The average Bonchev–Trinajstić information content (AvgIpc) is 3.21. The second-order valence-corrected chi connectivity index (χ2v) is 9.43. The SMILES string of the molecule is COc1ccc(CCN2C[C@H](C(=O)NC[C@H]3CCCN4CCCC[C@H]34)CC2=O)cc1OC. The van der Waals surface area contributed by atoms with E-state index in [1.54, 1.807) is 14.2 Å². The first kappa shape index (κ1) is 22.9. The van der Waals surface area contributed by atoms with Crippen molar-refractivity contribution in [2.24, 2.45) is 11.8 Å². The molecule has 3 fully saturated rings. The van der Waals surface area contributed by atoms with E-state index >= 15 is 0 Å². The lowest BCUT2D eigenvalue weighted by molar-refractivity contribution is -0.129. The molecule has 176 valence electrons. The molecule has 0 aromatic heterocycles. The number of benzene rings is 1. The molecule has 1 N–H and O–H groups in total. The van der Waals surface area contributed by atoms with Crippen molar-refractivity contribution in [1.82, 2.24) is 15.1 Å². The molecule has 32 heavy (non-hydrogen) atoms. The number of nitrogens with zero attached hydrogens (tertiary/aromatic N) is 2. The summed E-state index contributed by atoms with van der Waals surface area (Å²) in [5.74, 6) is 1.81. The molecule has 3 aliphatic heterocycles. The van der Waals surface area contributed by atoms with Crippen LogP contribution in [-0.4, -0.2) is 74.6 Å². The van der Waals surface area contributed by atoms with Crippen molar-refractivity contribution in [3.05, 3.63) is 23.8 Å². The van der Waals surface area contributed by atoms with Gasteiger partial charge in [0.25, 0.3) is 0 Å². The second kappa shape index (κ2) is 10.6. The molecule has 7 nitrogen and oxygen atoms in total. The Bertz CT molecular complexity index is 812. The fourth-order valence-electron chi connectivity index (χ4n) is 5.66. The smallest absolute Gasteiger partial charge is 0.225 e. The Morgan fingerprint density at radius 3 is 2.72 bits per heavy atom. The summed E-state index contributed by atoms with van der Waals surface area (Å²) in [7, 11) is 3.24. The predicted octanol–water partition coefficient (Wildman–Crippen LogP) is 2.48. The molecule has 0 saturated carbocycles. The Morgan fingerprint density at radius 2 is 1.91 bits per heavy atom. The van der Waals surface area contributed by atoms with Gasteiger partial charge in [-0.15, -0.1) is 0 Å². The molecule has 0 bridgehead atoms. The molecule has 1 aromatic rings. The molecule has 2 amide bonds. The molecule has 3 atom stereocenters. The Kier molecular flexibility index (Phi) is 7.55. The van der Waals surface area contributed by atoms with Crippen LogP contribution in [0.4, 0.5) is 0 Å².